The first kappa shape index (κ1) is 25.7. The lowest BCUT2D eigenvalue weighted by Crippen LogP contribution is -2.20. The van der Waals surface area contributed by atoms with Crippen LogP contribution in [0.15, 0.2) is 71.8 Å². The first-order chi connectivity index (χ1) is 17.0. The molecule has 3 aromatic rings. The van der Waals surface area contributed by atoms with Gasteiger partial charge in [-0.25, -0.2) is 13.4 Å². The zero-order valence-electron chi connectivity index (χ0n) is 19.6. The van der Waals surface area contributed by atoms with Gasteiger partial charge in [0.2, 0.25) is 5.91 Å². The number of carbonyl (C=O) groups is 1. The quantitative estimate of drug-likeness (QED) is 0.474. The number of alkyl halides is 3. The molecule has 0 aliphatic carbocycles. The van der Waals surface area contributed by atoms with E-state index in [2.05, 4.69) is 15.2 Å². The van der Waals surface area contributed by atoms with Crippen LogP contribution < -0.4 is 10.2 Å². The van der Waals surface area contributed by atoms with Gasteiger partial charge < -0.3 is 10.2 Å². The third kappa shape index (κ3) is 6.04. The molecule has 1 unspecified atom stereocenters. The van der Waals surface area contributed by atoms with E-state index in [1.807, 2.05) is 0 Å². The summed E-state index contributed by atoms with van der Waals surface area (Å²) in [6, 6.07) is 15.1. The Morgan fingerprint density at radius 1 is 1.06 bits per heavy atom. The van der Waals surface area contributed by atoms with E-state index in [4.69, 9.17) is 0 Å². The normalized spacial score (nSPS) is 16.2. The molecular weight excluding hydrogens is 491 g/mol. The van der Waals surface area contributed by atoms with Gasteiger partial charge in [0.1, 0.15) is 5.82 Å². The van der Waals surface area contributed by atoms with E-state index in [0.717, 1.165) is 36.5 Å². The number of hydrogen-bond acceptors (Lipinski definition) is 5. The number of nitrogens with zero attached hydrogens (tertiary/aromatic N) is 2. The van der Waals surface area contributed by atoms with Crippen molar-refractivity contribution in [2.75, 3.05) is 29.1 Å². The lowest BCUT2D eigenvalue weighted by Gasteiger charge is -2.18. The molecule has 0 radical (unpaired) electrons. The topological polar surface area (TPSA) is 79.4 Å². The summed E-state index contributed by atoms with van der Waals surface area (Å²) in [7, 11) is -3.28. The van der Waals surface area contributed by atoms with E-state index in [0.29, 0.717) is 17.8 Å². The summed E-state index contributed by atoms with van der Waals surface area (Å²) in [5, 5.41) is 2.79. The van der Waals surface area contributed by atoms with Crippen LogP contribution in [0.2, 0.25) is 0 Å². The second-order valence-electron chi connectivity index (χ2n) is 8.73. The minimum Gasteiger partial charge on any atom is -0.356 e. The summed E-state index contributed by atoms with van der Waals surface area (Å²) in [6.07, 6.45) is -1.88. The summed E-state index contributed by atoms with van der Waals surface area (Å²) in [5.41, 5.74) is 1.45. The van der Waals surface area contributed by atoms with Crippen LogP contribution >= 0.6 is 0 Å². The number of benzene rings is 2. The van der Waals surface area contributed by atoms with Gasteiger partial charge in [-0.2, -0.15) is 13.2 Å². The van der Waals surface area contributed by atoms with Crippen molar-refractivity contribution in [2.24, 2.45) is 0 Å². The van der Waals surface area contributed by atoms with E-state index < -0.39 is 21.6 Å². The molecule has 1 atom stereocenters. The summed E-state index contributed by atoms with van der Waals surface area (Å²) >= 11 is 0. The zero-order valence-corrected chi connectivity index (χ0v) is 20.4. The average molecular weight is 518 g/mol. The Labute approximate surface area is 208 Å². The van der Waals surface area contributed by atoms with Crippen molar-refractivity contribution in [2.45, 2.75) is 36.8 Å². The van der Waals surface area contributed by atoms with Gasteiger partial charge in [-0.15, -0.1) is 0 Å². The molecule has 1 aliphatic rings. The van der Waals surface area contributed by atoms with Crippen molar-refractivity contribution in [3.05, 3.63) is 83.6 Å². The first-order valence-electron chi connectivity index (χ1n) is 11.5. The van der Waals surface area contributed by atoms with Crippen molar-refractivity contribution in [1.82, 2.24) is 4.98 Å². The van der Waals surface area contributed by atoms with Crippen LogP contribution in [-0.4, -0.2) is 38.2 Å². The molecule has 0 saturated carbocycles. The van der Waals surface area contributed by atoms with Gasteiger partial charge in [-0.1, -0.05) is 31.2 Å². The molecule has 1 aromatic heterocycles. The molecule has 0 bridgehead atoms. The van der Waals surface area contributed by atoms with Crippen LogP contribution in [0.1, 0.15) is 36.0 Å². The molecule has 4 rings (SSSR count). The Morgan fingerprint density at radius 3 is 2.33 bits per heavy atom. The van der Waals surface area contributed by atoms with Gasteiger partial charge in [0.25, 0.3) is 0 Å². The Morgan fingerprint density at radius 2 is 1.75 bits per heavy atom. The number of sulfone groups is 1. The Kier molecular flexibility index (Phi) is 7.35. The Hall–Kier alpha value is -3.40. The number of aromatic nitrogens is 1. The third-order valence-corrected chi connectivity index (χ3v) is 8.03. The predicted octanol–water partition coefficient (Wildman–Crippen LogP) is 5.07. The monoisotopic (exact) mass is 517 g/mol. The predicted molar refractivity (Wildman–Crippen MR) is 132 cm³/mol. The maximum atomic E-state index is 12.8. The first-order valence-corrected chi connectivity index (χ1v) is 13.2. The summed E-state index contributed by atoms with van der Waals surface area (Å²) in [5.74, 6) is 0.615. The Bertz CT molecular complexity index is 1310. The maximum Gasteiger partial charge on any atom is 0.416 e. The third-order valence-electron chi connectivity index (χ3n) is 6.28. The molecule has 36 heavy (non-hydrogen) atoms. The molecule has 1 aliphatic heterocycles. The highest BCUT2D eigenvalue weighted by molar-refractivity contribution is 7.91. The molecule has 0 spiro atoms. The fraction of sp³-hybridized carbons (Fsp3) is 0.308. The van der Waals surface area contributed by atoms with Crippen molar-refractivity contribution < 1.29 is 26.4 Å². The molecule has 6 nitrogen and oxygen atoms in total. The van der Waals surface area contributed by atoms with Crippen molar-refractivity contribution >= 4 is 27.2 Å². The number of nitrogens with one attached hydrogen (secondary N) is 1. The van der Waals surface area contributed by atoms with Crippen molar-refractivity contribution in [1.29, 1.82) is 0 Å². The zero-order chi connectivity index (χ0) is 25.9. The van der Waals surface area contributed by atoms with Gasteiger partial charge in [0, 0.05) is 19.0 Å². The Balaban J connectivity index is 1.32. The van der Waals surface area contributed by atoms with Crippen LogP contribution in [0.4, 0.5) is 24.7 Å². The highest BCUT2D eigenvalue weighted by Gasteiger charge is 2.31. The number of anilines is 2. The molecule has 1 fully saturated rings. The summed E-state index contributed by atoms with van der Waals surface area (Å²) < 4.78 is 62.2. The second-order valence-corrected chi connectivity index (χ2v) is 11.0. The lowest BCUT2D eigenvalue weighted by molar-refractivity contribution is -0.137. The molecule has 1 amide bonds. The van der Waals surface area contributed by atoms with Crippen LogP contribution in [0, 0.1) is 0 Å². The number of rotatable bonds is 7. The standard InChI is InChI=1S/C26H26F3N3O3S/c1-2-36(34,35)23-10-3-18(4-11-23)15-25(33)31-22-9-12-24(30-16-22)32-14-13-20(17-32)19-5-7-21(8-6-19)26(27,28)29/h3-12,16,20H,2,13-15,17H2,1H3,(H,31,33). The SMILES string of the molecule is CCS(=O)(=O)c1ccc(CC(=O)Nc2ccc(N3CCC(c4ccc(C(F)(F)F)cc4)C3)nc2)cc1. The minimum atomic E-state index is -4.34. The summed E-state index contributed by atoms with van der Waals surface area (Å²) in [4.78, 5) is 19.2. The van der Waals surface area contributed by atoms with Crippen molar-refractivity contribution in [3.8, 4) is 0 Å². The highest BCUT2D eigenvalue weighted by atomic mass is 32.2. The van der Waals surface area contributed by atoms with E-state index in [-0.39, 0.29) is 28.9 Å². The number of carbonyl (C=O) groups excluding carboxylic acids is 1. The second kappa shape index (κ2) is 10.3. The number of amides is 1. The fourth-order valence-electron chi connectivity index (χ4n) is 4.20. The molecule has 10 heteroatoms. The van der Waals surface area contributed by atoms with Gasteiger partial charge in [-0.3, -0.25) is 4.79 Å². The largest absolute Gasteiger partial charge is 0.416 e. The van der Waals surface area contributed by atoms with Gasteiger partial charge in [-0.05, 0) is 53.9 Å². The number of halogens is 3. The molecular formula is C26H26F3N3O3S. The van der Waals surface area contributed by atoms with Crippen LogP contribution in [0.5, 0.6) is 0 Å². The smallest absolute Gasteiger partial charge is 0.356 e. The van der Waals surface area contributed by atoms with E-state index in [1.165, 1.54) is 12.1 Å². The van der Waals surface area contributed by atoms with Gasteiger partial charge in [0.05, 0.1) is 34.5 Å². The number of pyridine rings is 1. The average Bonchev–Trinajstić information content (AvgIpc) is 3.35. The molecule has 190 valence electrons. The lowest BCUT2D eigenvalue weighted by atomic mass is 9.97. The molecule has 1 saturated heterocycles. The van der Waals surface area contributed by atoms with Crippen LogP contribution in [-0.2, 0) is 27.2 Å². The highest BCUT2D eigenvalue weighted by Crippen LogP contribution is 2.33. The molecule has 2 aromatic carbocycles. The molecule has 2 heterocycles. The van der Waals surface area contributed by atoms with Crippen molar-refractivity contribution in [3.63, 3.8) is 0 Å². The fourth-order valence-corrected chi connectivity index (χ4v) is 5.09. The maximum absolute atomic E-state index is 12.8. The van der Waals surface area contributed by atoms with Crippen LogP contribution in [0.25, 0.3) is 0 Å². The van der Waals surface area contributed by atoms with E-state index in [1.54, 1.807) is 49.5 Å². The molecule has 1 N–H and O–H groups in total. The van der Waals surface area contributed by atoms with Crippen LogP contribution in [0.3, 0.4) is 0 Å². The van der Waals surface area contributed by atoms with E-state index in [9.17, 15) is 26.4 Å². The van der Waals surface area contributed by atoms with Gasteiger partial charge in [0.15, 0.2) is 9.84 Å². The van der Waals surface area contributed by atoms with Gasteiger partial charge >= 0.3 is 6.18 Å². The number of hydrogen-bond donors (Lipinski definition) is 1. The minimum absolute atomic E-state index is 0.0168. The van der Waals surface area contributed by atoms with E-state index >= 15 is 0 Å². The summed E-state index contributed by atoms with van der Waals surface area (Å²) in [6.45, 7) is 2.96.